The van der Waals surface area contributed by atoms with E-state index in [1.165, 1.54) is 0 Å². The molecule has 30 heavy (non-hydrogen) atoms. The third-order valence-electron chi connectivity index (χ3n) is 5.07. The van der Waals surface area contributed by atoms with Crippen LogP contribution in [-0.2, 0) is 20.9 Å². The van der Waals surface area contributed by atoms with Gasteiger partial charge in [0.2, 0.25) is 5.91 Å². The van der Waals surface area contributed by atoms with E-state index in [-0.39, 0.29) is 5.92 Å². The number of hydrogen-bond acceptors (Lipinski definition) is 6. The molecule has 1 saturated heterocycles. The predicted octanol–water partition coefficient (Wildman–Crippen LogP) is 1.94. The summed E-state index contributed by atoms with van der Waals surface area (Å²) in [6.07, 6.45) is 1.86. The maximum Gasteiger partial charge on any atom is 0.414 e. The number of ether oxygens (including phenoxy) is 2. The van der Waals surface area contributed by atoms with Crippen molar-refractivity contribution in [3.63, 3.8) is 0 Å². The highest BCUT2D eigenvalue weighted by Gasteiger charge is 2.28. The van der Waals surface area contributed by atoms with E-state index in [4.69, 9.17) is 29.3 Å². The van der Waals surface area contributed by atoms with Crippen LogP contribution in [-0.4, -0.2) is 78.3 Å². The van der Waals surface area contributed by atoms with Crippen molar-refractivity contribution in [2.75, 3.05) is 40.4 Å². The van der Waals surface area contributed by atoms with Crippen LogP contribution in [0.5, 0.6) is 11.5 Å². The second kappa shape index (κ2) is 12.7. The summed E-state index contributed by atoms with van der Waals surface area (Å²) >= 11 is 0. The molecule has 0 bridgehead atoms. The van der Waals surface area contributed by atoms with Gasteiger partial charge in [-0.05, 0) is 45.8 Å². The quantitative estimate of drug-likeness (QED) is 0.638. The molecule has 0 atom stereocenters. The molecule has 1 aliphatic heterocycles. The summed E-state index contributed by atoms with van der Waals surface area (Å²) in [5.74, 6) is -1.58. The SMILES string of the molecule is CCN(CC)C(=O)C1CCN(Cc2cccc(OC)c2OC)CC1.O=C(O)C(=O)O. The second-order valence-electron chi connectivity index (χ2n) is 6.82. The fraction of sp³-hybridized carbons (Fsp3) is 0.571. The lowest BCUT2D eigenvalue weighted by atomic mass is 9.95. The number of para-hydroxylation sites is 1. The number of methoxy groups -OCH3 is 2. The van der Waals surface area contributed by atoms with E-state index < -0.39 is 11.9 Å². The highest BCUT2D eigenvalue weighted by Crippen LogP contribution is 2.32. The number of carbonyl (C=O) groups excluding carboxylic acids is 1. The van der Waals surface area contributed by atoms with E-state index >= 15 is 0 Å². The minimum Gasteiger partial charge on any atom is -0.493 e. The summed E-state index contributed by atoms with van der Waals surface area (Å²) in [5, 5.41) is 14.8. The van der Waals surface area contributed by atoms with Gasteiger partial charge in [0.25, 0.3) is 0 Å². The molecule has 0 spiro atoms. The Hall–Kier alpha value is -2.81. The highest BCUT2D eigenvalue weighted by molar-refractivity contribution is 6.27. The zero-order valence-corrected chi connectivity index (χ0v) is 18.1. The van der Waals surface area contributed by atoms with Gasteiger partial charge in [-0.15, -0.1) is 0 Å². The topological polar surface area (TPSA) is 117 Å². The lowest BCUT2D eigenvalue weighted by Crippen LogP contribution is -2.42. The van der Waals surface area contributed by atoms with Crippen LogP contribution in [0.25, 0.3) is 0 Å². The van der Waals surface area contributed by atoms with Crippen LogP contribution in [0.1, 0.15) is 32.3 Å². The Kier molecular flexibility index (Phi) is 10.7. The second-order valence-corrected chi connectivity index (χ2v) is 6.82. The monoisotopic (exact) mass is 424 g/mol. The van der Waals surface area contributed by atoms with Gasteiger partial charge in [0.05, 0.1) is 14.2 Å². The fourth-order valence-electron chi connectivity index (χ4n) is 3.45. The number of carboxylic acids is 2. The zero-order valence-electron chi connectivity index (χ0n) is 18.1. The van der Waals surface area contributed by atoms with Crippen molar-refractivity contribution in [3.8, 4) is 11.5 Å². The van der Waals surface area contributed by atoms with Crippen LogP contribution in [0.4, 0.5) is 0 Å². The van der Waals surface area contributed by atoms with Gasteiger partial charge in [-0.3, -0.25) is 9.69 Å². The molecule has 168 valence electrons. The van der Waals surface area contributed by atoms with Crippen molar-refractivity contribution in [2.24, 2.45) is 5.92 Å². The standard InChI is InChI=1S/C19H30N2O3.C2H2O4/c1-5-21(6-2)19(22)15-10-12-20(13-11-15)14-16-8-7-9-17(23-3)18(16)24-4;3-1(4)2(5)6/h7-9,15H,5-6,10-14H2,1-4H3;(H,3,4)(H,5,6). The Balaban J connectivity index is 0.000000656. The number of carbonyl (C=O) groups is 3. The highest BCUT2D eigenvalue weighted by atomic mass is 16.5. The van der Waals surface area contributed by atoms with E-state index in [0.29, 0.717) is 5.91 Å². The van der Waals surface area contributed by atoms with Crippen molar-refractivity contribution in [1.29, 1.82) is 0 Å². The first kappa shape index (κ1) is 25.2. The zero-order chi connectivity index (χ0) is 22.7. The van der Waals surface area contributed by atoms with Gasteiger partial charge in [0.15, 0.2) is 11.5 Å². The van der Waals surface area contributed by atoms with Crippen LogP contribution in [0, 0.1) is 5.92 Å². The van der Waals surface area contributed by atoms with Crippen molar-refractivity contribution < 1.29 is 34.1 Å². The van der Waals surface area contributed by atoms with Gasteiger partial charge in [-0.2, -0.15) is 0 Å². The molecule has 2 rings (SSSR count). The first-order valence-electron chi connectivity index (χ1n) is 9.96. The average molecular weight is 424 g/mol. The van der Waals surface area contributed by atoms with Crippen molar-refractivity contribution in [2.45, 2.75) is 33.2 Å². The maximum atomic E-state index is 12.5. The summed E-state index contributed by atoms with van der Waals surface area (Å²) in [6.45, 7) is 8.41. The normalized spacial score (nSPS) is 14.3. The number of carboxylic acid groups (broad SMARTS) is 2. The van der Waals surface area contributed by atoms with Gasteiger partial charge in [-0.25, -0.2) is 9.59 Å². The number of aliphatic carboxylic acids is 2. The van der Waals surface area contributed by atoms with Crippen LogP contribution in [0.3, 0.4) is 0 Å². The Bertz CT molecular complexity index is 699. The third kappa shape index (κ3) is 7.22. The smallest absolute Gasteiger partial charge is 0.414 e. The summed E-state index contributed by atoms with van der Waals surface area (Å²) in [4.78, 5) is 35.0. The number of nitrogens with zero attached hydrogens (tertiary/aromatic N) is 2. The van der Waals surface area contributed by atoms with Gasteiger partial charge in [0.1, 0.15) is 0 Å². The molecular weight excluding hydrogens is 392 g/mol. The summed E-state index contributed by atoms with van der Waals surface area (Å²) in [6, 6.07) is 5.99. The molecule has 0 aromatic heterocycles. The fourth-order valence-corrected chi connectivity index (χ4v) is 3.45. The molecule has 1 aliphatic rings. The van der Waals surface area contributed by atoms with Gasteiger partial charge >= 0.3 is 11.9 Å². The Labute approximate surface area is 177 Å². The Morgan fingerprint density at radius 1 is 1.03 bits per heavy atom. The molecule has 1 amide bonds. The molecule has 1 aromatic carbocycles. The van der Waals surface area contributed by atoms with Crippen molar-refractivity contribution in [3.05, 3.63) is 23.8 Å². The molecule has 1 fully saturated rings. The first-order chi connectivity index (χ1) is 14.3. The molecule has 2 N–H and O–H groups in total. The number of benzene rings is 1. The molecule has 9 nitrogen and oxygen atoms in total. The van der Waals surface area contributed by atoms with Crippen LogP contribution >= 0.6 is 0 Å². The molecule has 0 radical (unpaired) electrons. The number of hydrogen-bond donors (Lipinski definition) is 2. The molecule has 9 heteroatoms. The lowest BCUT2D eigenvalue weighted by Gasteiger charge is -2.34. The van der Waals surface area contributed by atoms with Crippen LogP contribution < -0.4 is 9.47 Å². The third-order valence-corrected chi connectivity index (χ3v) is 5.07. The Morgan fingerprint density at radius 2 is 1.60 bits per heavy atom. The minimum absolute atomic E-state index is 0.174. The average Bonchev–Trinajstić information content (AvgIpc) is 2.75. The number of amides is 1. The van der Waals surface area contributed by atoms with E-state index in [1.807, 2.05) is 30.9 Å². The lowest BCUT2D eigenvalue weighted by molar-refractivity contribution is -0.159. The van der Waals surface area contributed by atoms with Crippen molar-refractivity contribution in [1.82, 2.24) is 9.80 Å². The van der Waals surface area contributed by atoms with Gasteiger partial charge < -0.3 is 24.6 Å². The van der Waals surface area contributed by atoms with Crippen LogP contribution in [0.15, 0.2) is 18.2 Å². The number of piperidine rings is 1. The maximum absolute atomic E-state index is 12.5. The van der Waals surface area contributed by atoms with E-state index in [0.717, 1.165) is 62.6 Å². The first-order valence-corrected chi connectivity index (χ1v) is 9.96. The van der Waals surface area contributed by atoms with Gasteiger partial charge in [0, 0.05) is 31.1 Å². The summed E-state index contributed by atoms with van der Waals surface area (Å²) < 4.78 is 10.9. The molecule has 1 heterocycles. The molecule has 0 aliphatic carbocycles. The molecular formula is C21H32N2O7. The summed E-state index contributed by atoms with van der Waals surface area (Å²) in [5.41, 5.74) is 1.13. The van der Waals surface area contributed by atoms with E-state index in [1.54, 1.807) is 14.2 Å². The summed E-state index contributed by atoms with van der Waals surface area (Å²) in [7, 11) is 3.34. The largest absolute Gasteiger partial charge is 0.493 e. The van der Waals surface area contributed by atoms with Gasteiger partial charge in [-0.1, -0.05) is 12.1 Å². The minimum atomic E-state index is -1.82. The van der Waals surface area contributed by atoms with E-state index in [9.17, 15) is 4.79 Å². The number of rotatable bonds is 7. The Morgan fingerprint density at radius 3 is 2.03 bits per heavy atom. The van der Waals surface area contributed by atoms with Crippen molar-refractivity contribution >= 4 is 17.8 Å². The van der Waals surface area contributed by atoms with Crippen LogP contribution in [0.2, 0.25) is 0 Å². The number of likely N-dealkylation sites (tertiary alicyclic amines) is 1. The predicted molar refractivity (Wildman–Crippen MR) is 111 cm³/mol. The molecule has 0 unspecified atom stereocenters. The molecule has 0 saturated carbocycles. The van der Waals surface area contributed by atoms with E-state index in [2.05, 4.69) is 11.0 Å². The molecule has 1 aromatic rings.